The largest absolute Gasteiger partial charge is 0.462 e. The number of rotatable bonds is 4. The molecule has 0 atom stereocenters. The molecule has 0 fully saturated rings. The molecule has 5 rings (SSSR count). The maximum absolute atomic E-state index is 13.1. The first-order valence-corrected chi connectivity index (χ1v) is 11.1. The molecule has 0 radical (unpaired) electrons. The molecule has 0 aliphatic carbocycles. The van der Waals surface area contributed by atoms with Crippen LogP contribution in [0.25, 0.3) is 33.4 Å². The van der Waals surface area contributed by atoms with Crippen molar-refractivity contribution in [1.82, 2.24) is 9.38 Å². The Kier molecular flexibility index (Phi) is 4.90. The van der Waals surface area contributed by atoms with E-state index in [1.54, 1.807) is 29.5 Å². The van der Waals surface area contributed by atoms with Crippen LogP contribution in [0.2, 0.25) is 0 Å². The molecule has 32 heavy (non-hydrogen) atoms. The van der Waals surface area contributed by atoms with Gasteiger partial charge in [-0.2, -0.15) is 0 Å². The summed E-state index contributed by atoms with van der Waals surface area (Å²) in [4.78, 5) is 30.2. The highest BCUT2D eigenvalue weighted by Crippen LogP contribution is 2.24. The van der Waals surface area contributed by atoms with Crippen LogP contribution in [0.1, 0.15) is 34.2 Å². The number of aromatic nitrogens is 2. The van der Waals surface area contributed by atoms with Crippen molar-refractivity contribution < 1.29 is 13.9 Å². The van der Waals surface area contributed by atoms with Crippen LogP contribution in [0.3, 0.4) is 0 Å². The number of aryl methyl sites for hydroxylation is 2. The van der Waals surface area contributed by atoms with Crippen LogP contribution < -0.4 is 10.1 Å². The zero-order valence-corrected chi connectivity index (χ0v) is 18.7. The van der Waals surface area contributed by atoms with Crippen molar-refractivity contribution in [2.24, 2.45) is 0 Å². The van der Waals surface area contributed by atoms with Crippen molar-refractivity contribution in [2.75, 3.05) is 6.61 Å². The summed E-state index contributed by atoms with van der Waals surface area (Å²) in [5, 5.41) is 0. The van der Waals surface area contributed by atoms with Crippen molar-refractivity contribution in [3.05, 3.63) is 85.9 Å². The molecule has 0 N–H and O–H groups in total. The second-order valence-electron chi connectivity index (χ2n) is 7.59. The van der Waals surface area contributed by atoms with Gasteiger partial charge >= 0.3 is 5.97 Å². The van der Waals surface area contributed by atoms with Gasteiger partial charge in [0.25, 0.3) is 5.56 Å². The zero-order valence-electron chi connectivity index (χ0n) is 17.8. The van der Waals surface area contributed by atoms with Gasteiger partial charge in [-0.1, -0.05) is 29.5 Å². The van der Waals surface area contributed by atoms with E-state index in [1.807, 2.05) is 44.2 Å². The Morgan fingerprint density at radius 2 is 1.94 bits per heavy atom. The van der Waals surface area contributed by atoms with Crippen LogP contribution in [0.4, 0.5) is 0 Å². The quantitative estimate of drug-likeness (QED) is 0.381. The number of imidazole rings is 1. The van der Waals surface area contributed by atoms with Crippen LogP contribution in [0.5, 0.6) is 0 Å². The Hall–Kier alpha value is -3.71. The van der Waals surface area contributed by atoms with E-state index in [1.165, 1.54) is 11.3 Å². The van der Waals surface area contributed by atoms with Gasteiger partial charge in [0.2, 0.25) is 0 Å². The summed E-state index contributed by atoms with van der Waals surface area (Å²) in [5.41, 5.74) is 5.07. The lowest BCUT2D eigenvalue weighted by atomic mass is 10.1. The van der Waals surface area contributed by atoms with Gasteiger partial charge in [-0.25, -0.2) is 14.2 Å². The minimum atomic E-state index is -0.351. The van der Waals surface area contributed by atoms with Gasteiger partial charge in [0.1, 0.15) is 16.1 Å². The minimum absolute atomic E-state index is 0.103. The van der Waals surface area contributed by atoms with Crippen molar-refractivity contribution >= 4 is 39.4 Å². The third-order valence-electron chi connectivity index (χ3n) is 5.26. The van der Waals surface area contributed by atoms with E-state index in [4.69, 9.17) is 9.15 Å². The average Bonchev–Trinajstić information content (AvgIpc) is 3.45. The van der Waals surface area contributed by atoms with Crippen molar-refractivity contribution in [3.63, 3.8) is 0 Å². The molecule has 7 heteroatoms. The smallest absolute Gasteiger partial charge is 0.338 e. The molecule has 0 aliphatic heterocycles. The number of furan rings is 1. The van der Waals surface area contributed by atoms with E-state index in [-0.39, 0.29) is 11.5 Å². The molecular formula is C25H20N2O4S. The van der Waals surface area contributed by atoms with Crippen molar-refractivity contribution in [3.8, 4) is 11.3 Å². The highest BCUT2D eigenvalue weighted by molar-refractivity contribution is 7.15. The normalized spacial score (nSPS) is 12.2. The monoisotopic (exact) mass is 444 g/mol. The molecule has 0 saturated heterocycles. The first kappa shape index (κ1) is 20.2. The number of carbonyl (C=O) groups excluding carboxylic acids is 1. The number of nitrogens with zero attached hydrogens (tertiary/aromatic N) is 2. The topological polar surface area (TPSA) is 73.8 Å². The standard InChI is InChI=1S/C25H20N2O4S/c1-4-30-24(29)17-7-5-16(6-8-17)20-10-9-18(31-20)13-21-23(28)27-19-12-14(2)11-15(3)22(19)26-25(27)32-21/h5-13H,4H2,1-3H3. The van der Waals surface area contributed by atoms with E-state index in [9.17, 15) is 9.59 Å². The first-order valence-electron chi connectivity index (χ1n) is 10.3. The Morgan fingerprint density at radius 3 is 2.69 bits per heavy atom. The lowest BCUT2D eigenvalue weighted by Gasteiger charge is -2.02. The zero-order chi connectivity index (χ0) is 22.4. The van der Waals surface area contributed by atoms with Gasteiger partial charge in [0.15, 0.2) is 4.96 Å². The summed E-state index contributed by atoms with van der Waals surface area (Å²) in [5.74, 6) is 0.876. The van der Waals surface area contributed by atoms with Crippen molar-refractivity contribution in [2.45, 2.75) is 20.8 Å². The van der Waals surface area contributed by atoms with Gasteiger partial charge in [0, 0.05) is 11.6 Å². The summed E-state index contributed by atoms with van der Waals surface area (Å²) in [6.07, 6.45) is 1.74. The lowest BCUT2D eigenvalue weighted by Crippen LogP contribution is -2.22. The number of ether oxygens (including phenoxy) is 1. The Balaban J connectivity index is 1.51. The minimum Gasteiger partial charge on any atom is -0.462 e. The van der Waals surface area contributed by atoms with Crippen LogP contribution in [-0.2, 0) is 4.74 Å². The molecule has 5 aromatic rings. The molecule has 0 saturated carbocycles. The third kappa shape index (κ3) is 3.40. The predicted octanol–water partition coefficient (Wildman–Crippen LogP) is 4.51. The predicted molar refractivity (Wildman–Crippen MR) is 125 cm³/mol. The van der Waals surface area contributed by atoms with Gasteiger partial charge in [-0.15, -0.1) is 0 Å². The maximum atomic E-state index is 13.1. The number of hydrogen-bond donors (Lipinski definition) is 0. The van der Waals surface area contributed by atoms with Crippen LogP contribution >= 0.6 is 11.3 Å². The Bertz CT molecular complexity index is 1590. The number of fused-ring (bicyclic) bond motifs is 3. The van der Waals surface area contributed by atoms with E-state index in [0.29, 0.717) is 33.2 Å². The molecule has 3 heterocycles. The van der Waals surface area contributed by atoms with Crippen molar-refractivity contribution in [1.29, 1.82) is 0 Å². The van der Waals surface area contributed by atoms with Crippen LogP contribution in [0.15, 0.2) is 57.7 Å². The number of carbonyl (C=O) groups is 1. The van der Waals surface area contributed by atoms with Crippen LogP contribution in [-0.4, -0.2) is 22.0 Å². The number of benzene rings is 2. The Labute approximate surface area is 187 Å². The molecule has 0 spiro atoms. The molecule has 0 aliphatic rings. The summed E-state index contributed by atoms with van der Waals surface area (Å²) < 4.78 is 13.2. The van der Waals surface area contributed by atoms with Gasteiger partial charge < -0.3 is 9.15 Å². The van der Waals surface area contributed by atoms with Gasteiger partial charge in [-0.3, -0.25) is 4.79 Å². The fraction of sp³-hybridized carbons (Fsp3) is 0.160. The molecule has 3 aromatic heterocycles. The molecule has 160 valence electrons. The maximum Gasteiger partial charge on any atom is 0.338 e. The molecule has 0 bridgehead atoms. The van der Waals surface area contributed by atoms with Gasteiger partial charge in [0.05, 0.1) is 23.2 Å². The summed E-state index contributed by atoms with van der Waals surface area (Å²) in [6, 6.07) is 14.8. The summed E-state index contributed by atoms with van der Waals surface area (Å²) in [7, 11) is 0. The third-order valence-corrected chi connectivity index (χ3v) is 6.23. The van der Waals surface area contributed by atoms with E-state index >= 15 is 0 Å². The summed E-state index contributed by atoms with van der Waals surface area (Å²) in [6.45, 7) is 6.13. The van der Waals surface area contributed by atoms with E-state index in [0.717, 1.165) is 27.7 Å². The molecular weight excluding hydrogens is 424 g/mol. The average molecular weight is 445 g/mol. The summed E-state index contributed by atoms with van der Waals surface area (Å²) >= 11 is 1.35. The fourth-order valence-corrected chi connectivity index (χ4v) is 4.77. The molecule has 6 nitrogen and oxygen atoms in total. The molecule has 2 aromatic carbocycles. The first-order chi connectivity index (χ1) is 15.4. The van der Waals surface area contributed by atoms with E-state index in [2.05, 4.69) is 11.1 Å². The Morgan fingerprint density at radius 1 is 1.16 bits per heavy atom. The van der Waals surface area contributed by atoms with E-state index < -0.39 is 0 Å². The molecule has 0 unspecified atom stereocenters. The number of hydrogen-bond acceptors (Lipinski definition) is 6. The molecule has 0 amide bonds. The highest BCUT2D eigenvalue weighted by Gasteiger charge is 2.14. The highest BCUT2D eigenvalue weighted by atomic mass is 32.1. The number of thiazole rings is 1. The van der Waals surface area contributed by atoms with Crippen LogP contribution in [0, 0.1) is 13.8 Å². The lowest BCUT2D eigenvalue weighted by molar-refractivity contribution is 0.0526. The van der Waals surface area contributed by atoms with Gasteiger partial charge in [-0.05, 0) is 62.2 Å². The second-order valence-corrected chi connectivity index (χ2v) is 8.60. The SMILES string of the molecule is CCOC(=O)c1ccc(-c2ccc(C=c3sc4nc5c(C)cc(C)cc5n4c3=O)o2)cc1. The second kappa shape index (κ2) is 7.76. The number of esters is 1. The fourth-order valence-electron chi connectivity index (χ4n) is 3.81.